The van der Waals surface area contributed by atoms with Crippen LogP contribution in [0.5, 0.6) is 5.75 Å². The molecule has 0 saturated heterocycles. The van der Waals surface area contributed by atoms with E-state index >= 15 is 0 Å². The highest BCUT2D eigenvalue weighted by molar-refractivity contribution is 6.01. The van der Waals surface area contributed by atoms with Crippen LogP contribution in [0.4, 0.5) is 0 Å². The number of rotatable bonds is 3. The van der Waals surface area contributed by atoms with Gasteiger partial charge in [0.15, 0.2) is 6.10 Å². The fraction of sp³-hybridized carbons (Fsp3) is 0.350. The van der Waals surface area contributed by atoms with E-state index in [1.54, 1.807) is 0 Å². The summed E-state index contributed by atoms with van der Waals surface area (Å²) in [4.78, 5) is 5.65. The predicted octanol–water partition coefficient (Wildman–Crippen LogP) is 5.04. The molecule has 0 spiro atoms. The van der Waals surface area contributed by atoms with Crippen LogP contribution in [0.25, 0.3) is 0 Å². The molecular weight excluding hydrogens is 286 g/mol. The summed E-state index contributed by atoms with van der Waals surface area (Å²) >= 11 is 0. The first kappa shape index (κ1) is 15.6. The predicted molar refractivity (Wildman–Crippen MR) is 93.0 cm³/mol. The molecular formula is C20H23NO2. The summed E-state index contributed by atoms with van der Waals surface area (Å²) in [6.07, 6.45) is 0.733. The normalized spacial score (nSPS) is 17.6. The van der Waals surface area contributed by atoms with Crippen LogP contribution >= 0.6 is 0 Å². The van der Waals surface area contributed by atoms with Gasteiger partial charge in [-0.1, -0.05) is 47.1 Å². The Morgan fingerprint density at radius 3 is 2.52 bits per heavy atom. The third-order valence-corrected chi connectivity index (χ3v) is 3.71. The van der Waals surface area contributed by atoms with E-state index in [4.69, 9.17) is 9.57 Å². The number of hydrogen-bond acceptors (Lipinski definition) is 3. The van der Waals surface area contributed by atoms with Crippen molar-refractivity contribution >= 4 is 5.71 Å². The maximum Gasteiger partial charge on any atom is 0.158 e. The van der Waals surface area contributed by atoms with E-state index in [0.29, 0.717) is 0 Å². The van der Waals surface area contributed by atoms with Crippen LogP contribution in [-0.4, -0.2) is 11.3 Å². The summed E-state index contributed by atoms with van der Waals surface area (Å²) in [5, 5.41) is 4.27. The molecule has 0 saturated carbocycles. The van der Waals surface area contributed by atoms with Crippen molar-refractivity contribution < 1.29 is 9.57 Å². The van der Waals surface area contributed by atoms with E-state index in [1.165, 1.54) is 5.56 Å². The molecule has 3 heteroatoms. The van der Waals surface area contributed by atoms with Gasteiger partial charge in [-0.2, -0.15) is 0 Å². The largest absolute Gasteiger partial charge is 0.488 e. The van der Waals surface area contributed by atoms with E-state index < -0.39 is 0 Å². The lowest BCUT2D eigenvalue weighted by atomic mass is 9.99. The van der Waals surface area contributed by atoms with Gasteiger partial charge in [-0.05, 0) is 51.0 Å². The van der Waals surface area contributed by atoms with Crippen molar-refractivity contribution in [2.24, 2.45) is 5.16 Å². The van der Waals surface area contributed by atoms with E-state index in [-0.39, 0.29) is 11.7 Å². The van der Waals surface area contributed by atoms with Gasteiger partial charge in [-0.25, -0.2) is 0 Å². The molecule has 1 aliphatic rings. The van der Waals surface area contributed by atoms with Crippen LogP contribution in [0.3, 0.4) is 0 Å². The van der Waals surface area contributed by atoms with Gasteiger partial charge in [-0.3, -0.25) is 0 Å². The van der Waals surface area contributed by atoms with Crippen LogP contribution in [0.1, 0.15) is 50.0 Å². The van der Waals surface area contributed by atoms with Crippen molar-refractivity contribution in [1.29, 1.82) is 0 Å². The highest BCUT2D eigenvalue weighted by atomic mass is 16.6. The van der Waals surface area contributed by atoms with Crippen LogP contribution in [-0.2, 0) is 4.84 Å². The Bertz CT molecular complexity index is 711. The highest BCUT2D eigenvalue weighted by Crippen LogP contribution is 2.32. The third kappa shape index (κ3) is 3.92. The number of benzene rings is 2. The van der Waals surface area contributed by atoms with Crippen LogP contribution in [0.15, 0.2) is 53.7 Å². The molecule has 2 aromatic rings. The maximum atomic E-state index is 5.93. The van der Waals surface area contributed by atoms with Crippen molar-refractivity contribution in [2.75, 3.05) is 0 Å². The topological polar surface area (TPSA) is 30.8 Å². The van der Waals surface area contributed by atoms with Gasteiger partial charge in [0.1, 0.15) is 11.4 Å². The Morgan fingerprint density at radius 2 is 1.83 bits per heavy atom. The molecule has 1 heterocycles. The lowest BCUT2D eigenvalue weighted by molar-refractivity contribution is 0.0846. The minimum absolute atomic E-state index is 0.0465. The summed E-state index contributed by atoms with van der Waals surface area (Å²) in [7, 11) is 0. The van der Waals surface area contributed by atoms with Gasteiger partial charge in [0, 0.05) is 6.42 Å². The molecule has 2 aromatic carbocycles. The quantitative estimate of drug-likeness (QED) is 0.795. The SMILES string of the molecule is Cc1ccc(C2=NOC(c3cccc(OC(C)(C)C)c3)C2)cc1. The van der Waals surface area contributed by atoms with Crippen molar-refractivity contribution in [2.45, 2.75) is 45.8 Å². The van der Waals surface area contributed by atoms with E-state index in [2.05, 4.69) is 42.4 Å². The molecule has 0 aromatic heterocycles. The van der Waals surface area contributed by atoms with Crippen LogP contribution < -0.4 is 4.74 Å². The zero-order valence-corrected chi connectivity index (χ0v) is 14.2. The van der Waals surface area contributed by atoms with Crippen molar-refractivity contribution in [3.63, 3.8) is 0 Å². The number of oxime groups is 1. The fourth-order valence-corrected chi connectivity index (χ4v) is 2.60. The number of aryl methyl sites for hydroxylation is 1. The molecule has 0 amide bonds. The molecule has 0 N–H and O–H groups in total. The van der Waals surface area contributed by atoms with Crippen LogP contribution in [0, 0.1) is 6.92 Å². The second-order valence-electron chi connectivity index (χ2n) is 6.99. The molecule has 0 aliphatic carbocycles. The Kier molecular flexibility index (Phi) is 4.12. The second-order valence-corrected chi connectivity index (χ2v) is 6.99. The van der Waals surface area contributed by atoms with Crippen LogP contribution in [0.2, 0.25) is 0 Å². The molecule has 1 atom stereocenters. The molecule has 3 nitrogen and oxygen atoms in total. The minimum atomic E-state index is -0.210. The van der Waals surface area contributed by atoms with Crippen molar-refractivity contribution in [1.82, 2.24) is 0 Å². The van der Waals surface area contributed by atoms with Gasteiger partial charge in [-0.15, -0.1) is 0 Å². The monoisotopic (exact) mass is 309 g/mol. The van der Waals surface area contributed by atoms with Gasteiger partial charge in [0.2, 0.25) is 0 Å². The summed E-state index contributed by atoms with van der Waals surface area (Å²) in [5.41, 5.74) is 4.26. The zero-order valence-electron chi connectivity index (χ0n) is 14.2. The van der Waals surface area contributed by atoms with Gasteiger partial charge in [0.25, 0.3) is 0 Å². The lowest BCUT2D eigenvalue weighted by Crippen LogP contribution is -2.23. The maximum absolute atomic E-state index is 5.93. The summed E-state index contributed by atoms with van der Waals surface area (Å²) in [5.74, 6) is 0.863. The van der Waals surface area contributed by atoms with Gasteiger partial charge in [0.05, 0.1) is 5.71 Å². The third-order valence-electron chi connectivity index (χ3n) is 3.71. The minimum Gasteiger partial charge on any atom is -0.488 e. The zero-order chi connectivity index (χ0) is 16.4. The van der Waals surface area contributed by atoms with E-state index in [0.717, 1.165) is 29.0 Å². The first-order valence-corrected chi connectivity index (χ1v) is 7.99. The van der Waals surface area contributed by atoms with Crippen molar-refractivity contribution in [3.05, 3.63) is 65.2 Å². The Balaban J connectivity index is 1.73. The molecule has 0 bridgehead atoms. The Morgan fingerprint density at radius 1 is 1.09 bits per heavy atom. The fourth-order valence-electron chi connectivity index (χ4n) is 2.60. The summed E-state index contributed by atoms with van der Waals surface area (Å²) < 4.78 is 5.93. The smallest absolute Gasteiger partial charge is 0.158 e. The number of hydrogen-bond donors (Lipinski definition) is 0. The lowest BCUT2D eigenvalue weighted by Gasteiger charge is -2.22. The van der Waals surface area contributed by atoms with E-state index in [9.17, 15) is 0 Å². The average molecular weight is 309 g/mol. The van der Waals surface area contributed by atoms with Crippen molar-refractivity contribution in [3.8, 4) is 5.75 Å². The summed E-state index contributed by atoms with van der Waals surface area (Å²) in [6, 6.07) is 16.5. The molecule has 0 fully saturated rings. The molecule has 3 rings (SSSR count). The summed E-state index contributed by atoms with van der Waals surface area (Å²) in [6.45, 7) is 8.22. The van der Waals surface area contributed by atoms with Gasteiger partial charge >= 0.3 is 0 Å². The number of ether oxygens (including phenoxy) is 1. The first-order valence-electron chi connectivity index (χ1n) is 7.99. The average Bonchev–Trinajstić information content (AvgIpc) is 2.96. The molecule has 23 heavy (non-hydrogen) atoms. The number of nitrogens with zero attached hydrogens (tertiary/aromatic N) is 1. The van der Waals surface area contributed by atoms with E-state index in [1.807, 2.05) is 39.0 Å². The molecule has 0 radical (unpaired) electrons. The molecule has 1 aliphatic heterocycles. The molecule has 120 valence electrons. The second kappa shape index (κ2) is 6.07. The Hall–Kier alpha value is -2.29. The van der Waals surface area contributed by atoms with Gasteiger partial charge < -0.3 is 9.57 Å². The standard InChI is InChI=1S/C20H23NO2/c1-14-8-10-15(11-9-14)18-13-19(23-21-18)16-6-5-7-17(12-16)22-20(2,3)4/h5-12,19H,13H2,1-4H3. The first-order chi connectivity index (χ1) is 10.9. The highest BCUT2D eigenvalue weighted by Gasteiger charge is 2.24. The Labute approximate surface area is 137 Å². The molecule has 1 unspecified atom stereocenters.